The van der Waals surface area contributed by atoms with Gasteiger partial charge in [0.1, 0.15) is 6.67 Å². The van der Waals surface area contributed by atoms with Gasteiger partial charge in [0, 0.05) is 18.4 Å². The van der Waals surface area contributed by atoms with Gasteiger partial charge in [-0.15, -0.1) is 0 Å². The van der Waals surface area contributed by atoms with Crippen LogP contribution in [0.4, 0.5) is 4.39 Å². The van der Waals surface area contributed by atoms with E-state index in [9.17, 15) is 4.39 Å². The summed E-state index contributed by atoms with van der Waals surface area (Å²) in [5.41, 5.74) is 0. The quantitative estimate of drug-likeness (QED) is 0.680. The maximum atomic E-state index is 12.0. The highest BCUT2D eigenvalue weighted by Crippen LogP contribution is 2.19. The highest BCUT2D eigenvalue weighted by Gasteiger charge is 2.18. The molecule has 1 aliphatic heterocycles. The Labute approximate surface area is 82.4 Å². The van der Waals surface area contributed by atoms with E-state index in [2.05, 4.69) is 20.8 Å². The second-order valence-corrected chi connectivity index (χ2v) is 4.27. The summed E-state index contributed by atoms with van der Waals surface area (Å²) in [6, 6.07) is 0. The fraction of sp³-hybridized carbons (Fsp3) is 1.00. The molecule has 1 saturated heterocycles. The molecule has 12 heavy (non-hydrogen) atoms. The molecule has 0 aromatic rings. The van der Waals surface area contributed by atoms with Gasteiger partial charge in [-0.25, -0.2) is 4.39 Å². The summed E-state index contributed by atoms with van der Waals surface area (Å²) < 4.78 is 12.0. The smallest absolute Gasteiger partial charge is 0.102 e. The summed E-state index contributed by atoms with van der Waals surface area (Å²) in [5.74, 6) is 0.796. The van der Waals surface area contributed by atoms with Crippen LogP contribution in [0.15, 0.2) is 0 Å². The Morgan fingerprint density at radius 2 is 2.33 bits per heavy atom. The normalized spacial score (nSPS) is 26.0. The van der Waals surface area contributed by atoms with Gasteiger partial charge in [0.2, 0.25) is 0 Å². The van der Waals surface area contributed by atoms with Gasteiger partial charge in [-0.05, 0) is 31.7 Å². The molecule has 0 saturated carbocycles. The lowest BCUT2D eigenvalue weighted by atomic mass is 9.96. The van der Waals surface area contributed by atoms with E-state index in [1.165, 1.54) is 19.3 Å². The van der Waals surface area contributed by atoms with E-state index < -0.39 is 0 Å². The maximum absolute atomic E-state index is 12.0. The number of halogens is 2. The van der Waals surface area contributed by atoms with Crippen LogP contribution in [0.2, 0.25) is 0 Å². The molecule has 1 unspecified atom stereocenters. The molecule has 1 atom stereocenters. The zero-order valence-corrected chi connectivity index (χ0v) is 9.02. The van der Waals surface area contributed by atoms with Crippen LogP contribution >= 0.6 is 15.9 Å². The van der Waals surface area contributed by atoms with Crippen LogP contribution in [-0.2, 0) is 0 Å². The molecule has 3 heteroatoms. The number of rotatable bonds is 4. The van der Waals surface area contributed by atoms with Crippen molar-refractivity contribution >= 4 is 15.9 Å². The number of alkyl halides is 2. The van der Waals surface area contributed by atoms with Gasteiger partial charge in [-0.2, -0.15) is 0 Å². The van der Waals surface area contributed by atoms with E-state index in [4.69, 9.17) is 0 Å². The molecular formula is C9H17BrFN. The third-order valence-electron chi connectivity index (χ3n) is 2.52. The molecule has 1 fully saturated rings. The minimum absolute atomic E-state index is 0.193. The van der Waals surface area contributed by atoms with Gasteiger partial charge in [0.05, 0.1) is 0 Å². The molecule has 0 aromatic heterocycles. The van der Waals surface area contributed by atoms with Gasteiger partial charge >= 0.3 is 0 Å². The van der Waals surface area contributed by atoms with Crippen molar-refractivity contribution in [3.05, 3.63) is 0 Å². The van der Waals surface area contributed by atoms with Crippen molar-refractivity contribution in [2.75, 3.05) is 31.6 Å². The Hall–Kier alpha value is 0.370. The minimum atomic E-state index is -0.193. The van der Waals surface area contributed by atoms with Crippen molar-refractivity contribution in [1.82, 2.24) is 4.90 Å². The van der Waals surface area contributed by atoms with Gasteiger partial charge in [-0.3, -0.25) is 0 Å². The lowest BCUT2D eigenvalue weighted by molar-refractivity contribution is 0.162. The molecule has 0 aromatic carbocycles. The fourth-order valence-corrected chi connectivity index (χ4v) is 2.51. The standard InChI is InChI=1S/C9H17BrFN/c10-4-3-9-2-1-6-12(8-9)7-5-11/h9H,1-8H2. The molecule has 0 aliphatic carbocycles. The molecule has 0 bridgehead atoms. The molecular weight excluding hydrogens is 221 g/mol. The number of hydrogen-bond donors (Lipinski definition) is 0. The first-order valence-corrected chi connectivity index (χ1v) is 5.83. The second kappa shape index (κ2) is 5.92. The summed E-state index contributed by atoms with van der Waals surface area (Å²) in [7, 11) is 0. The monoisotopic (exact) mass is 237 g/mol. The molecule has 0 radical (unpaired) electrons. The molecule has 0 spiro atoms. The average molecular weight is 238 g/mol. The largest absolute Gasteiger partial charge is 0.300 e. The Morgan fingerprint density at radius 3 is 3.00 bits per heavy atom. The lowest BCUT2D eigenvalue weighted by Crippen LogP contribution is -2.36. The Balaban J connectivity index is 2.20. The van der Waals surface area contributed by atoms with E-state index in [-0.39, 0.29) is 6.67 Å². The zero-order chi connectivity index (χ0) is 8.81. The predicted octanol–water partition coefficient (Wildman–Crippen LogP) is 2.45. The summed E-state index contributed by atoms with van der Waals surface area (Å²) in [6.45, 7) is 2.65. The fourth-order valence-electron chi connectivity index (χ4n) is 1.86. The number of piperidine rings is 1. The van der Waals surface area contributed by atoms with Gasteiger partial charge < -0.3 is 4.90 Å². The van der Waals surface area contributed by atoms with Gasteiger partial charge in [-0.1, -0.05) is 15.9 Å². The first-order chi connectivity index (χ1) is 5.86. The van der Waals surface area contributed by atoms with Crippen molar-refractivity contribution in [2.24, 2.45) is 5.92 Å². The lowest BCUT2D eigenvalue weighted by Gasteiger charge is -2.31. The van der Waals surface area contributed by atoms with Crippen LogP contribution in [0.5, 0.6) is 0 Å². The number of hydrogen-bond acceptors (Lipinski definition) is 1. The van der Waals surface area contributed by atoms with E-state index in [1.54, 1.807) is 0 Å². The first-order valence-electron chi connectivity index (χ1n) is 4.71. The number of nitrogens with zero attached hydrogens (tertiary/aromatic N) is 1. The molecule has 1 aliphatic rings. The highest BCUT2D eigenvalue weighted by molar-refractivity contribution is 9.09. The summed E-state index contributed by atoms with van der Waals surface area (Å²) in [5, 5.41) is 1.08. The highest BCUT2D eigenvalue weighted by atomic mass is 79.9. The maximum Gasteiger partial charge on any atom is 0.102 e. The van der Waals surface area contributed by atoms with Crippen molar-refractivity contribution in [3.63, 3.8) is 0 Å². The minimum Gasteiger partial charge on any atom is -0.300 e. The van der Waals surface area contributed by atoms with Crippen LogP contribution in [0, 0.1) is 5.92 Å². The Kier molecular flexibility index (Phi) is 5.16. The third-order valence-corrected chi connectivity index (χ3v) is 2.98. The average Bonchev–Trinajstić information content (AvgIpc) is 2.06. The molecule has 1 heterocycles. The summed E-state index contributed by atoms with van der Waals surface area (Å²) >= 11 is 3.45. The van der Waals surface area contributed by atoms with Crippen LogP contribution < -0.4 is 0 Å². The predicted molar refractivity (Wildman–Crippen MR) is 53.6 cm³/mol. The van der Waals surface area contributed by atoms with Crippen molar-refractivity contribution < 1.29 is 4.39 Å². The summed E-state index contributed by atoms with van der Waals surface area (Å²) in [4.78, 5) is 2.25. The van der Waals surface area contributed by atoms with E-state index in [0.717, 1.165) is 24.3 Å². The topological polar surface area (TPSA) is 3.24 Å². The second-order valence-electron chi connectivity index (χ2n) is 3.48. The van der Waals surface area contributed by atoms with Crippen LogP contribution in [0.25, 0.3) is 0 Å². The van der Waals surface area contributed by atoms with Crippen LogP contribution in [0.1, 0.15) is 19.3 Å². The molecule has 1 nitrogen and oxygen atoms in total. The van der Waals surface area contributed by atoms with Crippen molar-refractivity contribution in [1.29, 1.82) is 0 Å². The molecule has 0 N–H and O–H groups in total. The molecule has 0 amide bonds. The SMILES string of the molecule is FCCN1CCCC(CCBr)C1. The van der Waals surface area contributed by atoms with E-state index in [1.807, 2.05) is 0 Å². The van der Waals surface area contributed by atoms with E-state index >= 15 is 0 Å². The molecule has 1 rings (SSSR count). The van der Waals surface area contributed by atoms with E-state index in [0.29, 0.717) is 6.54 Å². The third kappa shape index (κ3) is 3.40. The zero-order valence-electron chi connectivity index (χ0n) is 7.44. The summed E-state index contributed by atoms with van der Waals surface area (Å²) in [6.07, 6.45) is 3.81. The van der Waals surface area contributed by atoms with Crippen LogP contribution in [0.3, 0.4) is 0 Å². The number of likely N-dealkylation sites (tertiary alicyclic amines) is 1. The van der Waals surface area contributed by atoms with Crippen LogP contribution in [-0.4, -0.2) is 36.5 Å². The Bertz CT molecular complexity index is 105. The van der Waals surface area contributed by atoms with Crippen molar-refractivity contribution in [3.8, 4) is 0 Å². The van der Waals surface area contributed by atoms with Gasteiger partial charge in [0.15, 0.2) is 0 Å². The van der Waals surface area contributed by atoms with Gasteiger partial charge in [0.25, 0.3) is 0 Å². The first kappa shape index (κ1) is 10.5. The Morgan fingerprint density at radius 1 is 1.50 bits per heavy atom. The molecule has 72 valence electrons. The van der Waals surface area contributed by atoms with Crippen molar-refractivity contribution in [2.45, 2.75) is 19.3 Å².